The molecule has 0 aromatic heterocycles. The highest BCUT2D eigenvalue weighted by Gasteiger charge is 2.40. The Balaban J connectivity index is 1.52. The Hall–Kier alpha value is -1.97. The van der Waals surface area contributed by atoms with Crippen LogP contribution >= 0.6 is 0 Å². The van der Waals surface area contributed by atoms with Crippen LogP contribution in [0.25, 0.3) is 0 Å². The zero-order chi connectivity index (χ0) is 15.7. The van der Waals surface area contributed by atoms with Crippen molar-refractivity contribution >= 4 is 17.5 Å². The van der Waals surface area contributed by atoms with Gasteiger partial charge in [0.1, 0.15) is 5.60 Å². The number of amides is 1. The number of hydrogen-bond acceptors (Lipinski definition) is 3. The van der Waals surface area contributed by atoms with E-state index in [0.29, 0.717) is 12.0 Å². The average molecular weight is 300 g/mol. The van der Waals surface area contributed by atoms with Crippen molar-refractivity contribution < 1.29 is 9.53 Å². The van der Waals surface area contributed by atoms with Crippen molar-refractivity contribution in [3.8, 4) is 0 Å². The van der Waals surface area contributed by atoms with Crippen LogP contribution in [0.2, 0.25) is 0 Å². The van der Waals surface area contributed by atoms with Crippen LogP contribution < -0.4 is 10.6 Å². The van der Waals surface area contributed by atoms with Gasteiger partial charge in [-0.05, 0) is 63.8 Å². The van der Waals surface area contributed by atoms with Crippen molar-refractivity contribution in [1.82, 2.24) is 0 Å². The number of ether oxygens (including phenoxy) is 1. The molecule has 1 amide bonds. The minimum absolute atomic E-state index is 0.425. The second-order valence-electron chi connectivity index (χ2n) is 7.19. The first kappa shape index (κ1) is 14.9. The van der Waals surface area contributed by atoms with E-state index in [1.54, 1.807) is 0 Å². The summed E-state index contributed by atoms with van der Waals surface area (Å²) in [6.07, 6.45) is 6.69. The fraction of sp³-hybridized carbons (Fsp3) is 0.500. The number of nitrogens with one attached hydrogen (secondary N) is 2. The molecule has 2 aliphatic rings. The van der Waals surface area contributed by atoms with Crippen LogP contribution in [-0.4, -0.2) is 17.7 Å². The zero-order valence-corrected chi connectivity index (χ0v) is 13.4. The van der Waals surface area contributed by atoms with Crippen molar-refractivity contribution in [3.63, 3.8) is 0 Å². The molecule has 0 saturated heterocycles. The van der Waals surface area contributed by atoms with Crippen molar-refractivity contribution in [3.05, 3.63) is 36.4 Å². The Labute approximate surface area is 131 Å². The van der Waals surface area contributed by atoms with E-state index in [-0.39, 0.29) is 0 Å². The van der Waals surface area contributed by atoms with Gasteiger partial charge in [-0.15, -0.1) is 0 Å². The molecule has 0 bridgehead atoms. The second kappa shape index (κ2) is 5.67. The van der Waals surface area contributed by atoms with E-state index in [2.05, 4.69) is 22.8 Å². The Morgan fingerprint density at radius 1 is 1.18 bits per heavy atom. The summed E-state index contributed by atoms with van der Waals surface area (Å²) in [5, 5.41) is 6.32. The molecule has 118 valence electrons. The summed E-state index contributed by atoms with van der Waals surface area (Å²) < 4.78 is 5.24. The van der Waals surface area contributed by atoms with Gasteiger partial charge in [0.25, 0.3) is 0 Å². The summed E-state index contributed by atoms with van der Waals surface area (Å²) in [6, 6.07) is 8.34. The Bertz CT molecular complexity index is 572. The van der Waals surface area contributed by atoms with E-state index >= 15 is 0 Å². The monoisotopic (exact) mass is 300 g/mol. The molecule has 2 N–H and O–H groups in total. The molecule has 3 atom stereocenters. The molecule has 0 radical (unpaired) electrons. The molecule has 1 saturated carbocycles. The van der Waals surface area contributed by atoms with Crippen LogP contribution in [0.5, 0.6) is 0 Å². The molecule has 3 rings (SSSR count). The quantitative estimate of drug-likeness (QED) is 0.813. The third-order valence-electron chi connectivity index (χ3n) is 4.25. The molecule has 3 unspecified atom stereocenters. The molecule has 0 spiro atoms. The molecular formula is C18H24N2O2. The van der Waals surface area contributed by atoms with Crippen molar-refractivity contribution in [2.75, 3.05) is 10.6 Å². The molecule has 22 heavy (non-hydrogen) atoms. The lowest BCUT2D eigenvalue weighted by molar-refractivity contribution is 0.0636. The molecule has 4 heteroatoms. The number of carbonyl (C=O) groups excluding carboxylic acids is 1. The Morgan fingerprint density at radius 2 is 1.86 bits per heavy atom. The van der Waals surface area contributed by atoms with Gasteiger partial charge in [-0.2, -0.15) is 0 Å². The second-order valence-corrected chi connectivity index (χ2v) is 7.19. The predicted octanol–water partition coefficient (Wildman–Crippen LogP) is 4.41. The van der Waals surface area contributed by atoms with Crippen LogP contribution in [0.4, 0.5) is 16.2 Å². The summed E-state index contributed by atoms with van der Waals surface area (Å²) in [4.78, 5) is 11.7. The SMILES string of the molecule is CC(C)(C)OC(=O)Nc1ccc(NC2CC3CC=CC32)cc1. The van der Waals surface area contributed by atoms with Gasteiger partial charge in [0.15, 0.2) is 0 Å². The highest BCUT2D eigenvalue weighted by Crippen LogP contribution is 2.44. The van der Waals surface area contributed by atoms with Crippen molar-refractivity contribution in [1.29, 1.82) is 0 Å². The smallest absolute Gasteiger partial charge is 0.412 e. The van der Waals surface area contributed by atoms with Gasteiger partial charge in [0.05, 0.1) is 0 Å². The summed E-state index contributed by atoms with van der Waals surface area (Å²) in [5.74, 6) is 1.55. The van der Waals surface area contributed by atoms with E-state index in [1.807, 2.05) is 45.0 Å². The van der Waals surface area contributed by atoms with Crippen molar-refractivity contribution in [2.45, 2.75) is 45.3 Å². The molecule has 1 aromatic carbocycles. The highest BCUT2D eigenvalue weighted by molar-refractivity contribution is 5.85. The van der Waals surface area contributed by atoms with Crippen LogP contribution in [0, 0.1) is 11.8 Å². The van der Waals surface area contributed by atoms with Gasteiger partial charge in [0.2, 0.25) is 0 Å². The van der Waals surface area contributed by atoms with E-state index in [9.17, 15) is 4.79 Å². The topological polar surface area (TPSA) is 50.4 Å². The predicted molar refractivity (Wildman–Crippen MR) is 89.1 cm³/mol. The molecule has 4 nitrogen and oxygen atoms in total. The van der Waals surface area contributed by atoms with Crippen LogP contribution in [0.15, 0.2) is 36.4 Å². The minimum Gasteiger partial charge on any atom is -0.444 e. The number of benzene rings is 1. The normalized spacial score (nSPS) is 26.0. The summed E-state index contributed by atoms with van der Waals surface area (Å²) in [7, 11) is 0. The molecule has 0 aliphatic heterocycles. The van der Waals surface area contributed by atoms with Gasteiger partial charge in [-0.25, -0.2) is 4.79 Å². The zero-order valence-electron chi connectivity index (χ0n) is 13.4. The van der Waals surface area contributed by atoms with Gasteiger partial charge < -0.3 is 10.1 Å². The van der Waals surface area contributed by atoms with E-state index in [1.165, 1.54) is 12.8 Å². The fourth-order valence-corrected chi connectivity index (χ4v) is 3.17. The third kappa shape index (κ3) is 3.43. The number of hydrogen-bond donors (Lipinski definition) is 2. The van der Waals surface area contributed by atoms with Gasteiger partial charge in [-0.1, -0.05) is 12.2 Å². The minimum atomic E-state index is -0.485. The average Bonchev–Trinajstić information content (AvgIpc) is 2.77. The van der Waals surface area contributed by atoms with Gasteiger partial charge >= 0.3 is 6.09 Å². The largest absolute Gasteiger partial charge is 0.444 e. The Kier molecular flexibility index (Phi) is 3.85. The number of carbonyl (C=O) groups is 1. The van der Waals surface area contributed by atoms with E-state index < -0.39 is 11.7 Å². The lowest BCUT2D eigenvalue weighted by Crippen LogP contribution is -2.43. The van der Waals surface area contributed by atoms with E-state index in [4.69, 9.17) is 4.74 Å². The van der Waals surface area contributed by atoms with Crippen LogP contribution in [0.3, 0.4) is 0 Å². The lowest BCUT2D eigenvalue weighted by Gasteiger charge is -2.41. The van der Waals surface area contributed by atoms with Gasteiger partial charge in [-0.3, -0.25) is 5.32 Å². The summed E-state index contributed by atoms with van der Waals surface area (Å²) in [6.45, 7) is 5.55. The van der Waals surface area contributed by atoms with Crippen molar-refractivity contribution in [2.24, 2.45) is 11.8 Å². The maximum Gasteiger partial charge on any atom is 0.412 e. The maximum atomic E-state index is 11.7. The maximum absolute atomic E-state index is 11.7. The molecule has 0 heterocycles. The number of fused-ring (bicyclic) bond motifs is 1. The molecule has 2 aliphatic carbocycles. The van der Waals surface area contributed by atoms with Crippen LogP contribution in [0.1, 0.15) is 33.6 Å². The first-order valence-corrected chi connectivity index (χ1v) is 7.94. The summed E-state index contributed by atoms with van der Waals surface area (Å²) in [5.41, 5.74) is 1.35. The first-order chi connectivity index (χ1) is 10.4. The van der Waals surface area contributed by atoms with Crippen LogP contribution in [-0.2, 0) is 4.74 Å². The highest BCUT2D eigenvalue weighted by atomic mass is 16.6. The Morgan fingerprint density at radius 3 is 2.50 bits per heavy atom. The standard InChI is InChI=1S/C18H24N2O2/c1-18(2,3)22-17(21)20-14-9-7-13(8-10-14)19-16-11-12-5-4-6-15(12)16/h4,6-10,12,15-16,19H,5,11H2,1-3H3,(H,20,21). The fourth-order valence-electron chi connectivity index (χ4n) is 3.17. The molecule has 1 fully saturated rings. The van der Waals surface area contributed by atoms with E-state index in [0.717, 1.165) is 17.3 Å². The van der Waals surface area contributed by atoms with Gasteiger partial charge in [0, 0.05) is 23.3 Å². The lowest BCUT2D eigenvalue weighted by atomic mass is 9.71. The number of allylic oxidation sites excluding steroid dienone is 1. The molecule has 1 aromatic rings. The first-order valence-electron chi connectivity index (χ1n) is 7.94. The molecular weight excluding hydrogens is 276 g/mol. The third-order valence-corrected chi connectivity index (χ3v) is 4.25. The number of rotatable bonds is 3. The number of anilines is 2. The summed E-state index contributed by atoms with van der Waals surface area (Å²) >= 11 is 0.